The van der Waals surface area contributed by atoms with Gasteiger partial charge in [-0.05, 0) is 41.8 Å². The summed E-state index contributed by atoms with van der Waals surface area (Å²) in [4.78, 5) is 4.90. The molecule has 1 heterocycles. The molecule has 2 aromatic rings. The molecule has 0 radical (unpaired) electrons. The van der Waals surface area contributed by atoms with E-state index in [0.717, 1.165) is 39.1 Å². The molecule has 0 bridgehead atoms. The topological polar surface area (TPSA) is 26.7 Å². The molecule has 0 amide bonds. The minimum Gasteiger partial charge on any atom is -0.508 e. The predicted octanol–water partition coefficient (Wildman–Crippen LogP) is 3.28. The Balaban J connectivity index is 1.53. The van der Waals surface area contributed by atoms with Crippen molar-refractivity contribution in [1.82, 2.24) is 4.90 Å². The van der Waals surface area contributed by atoms with Gasteiger partial charge in [0, 0.05) is 38.4 Å². The van der Waals surface area contributed by atoms with Crippen LogP contribution in [0.15, 0.2) is 48.5 Å². The third-order valence-electron chi connectivity index (χ3n) is 4.42. The highest BCUT2D eigenvalue weighted by Gasteiger charge is 2.17. The fourth-order valence-electron chi connectivity index (χ4n) is 2.97. The molecule has 3 heteroatoms. The Morgan fingerprint density at radius 2 is 1.41 bits per heavy atom. The van der Waals surface area contributed by atoms with Crippen molar-refractivity contribution in [2.75, 3.05) is 31.1 Å². The lowest BCUT2D eigenvalue weighted by Crippen LogP contribution is -2.45. The van der Waals surface area contributed by atoms with Crippen molar-refractivity contribution in [3.63, 3.8) is 0 Å². The van der Waals surface area contributed by atoms with Crippen molar-refractivity contribution in [2.24, 2.45) is 0 Å². The van der Waals surface area contributed by atoms with E-state index in [1.54, 1.807) is 12.1 Å². The molecule has 3 nitrogen and oxygen atoms in total. The zero-order chi connectivity index (χ0) is 15.4. The van der Waals surface area contributed by atoms with Gasteiger partial charge in [-0.1, -0.05) is 31.2 Å². The van der Waals surface area contributed by atoms with Gasteiger partial charge in [0.15, 0.2) is 0 Å². The number of phenolic OH excluding ortho intramolecular Hbond substituents is 1. The lowest BCUT2D eigenvalue weighted by molar-refractivity contribution is 0.250. The van der Waals surface area contributed by atoms with Gasteiger partial charge in [-0.2, -0.15) is 0 Å². The van der Waals surface area contributed by atoms with Crippen molar-refractivity contribution >= 4 is 5.69 Å². The lowest BCUT2D eigenvalue weighted by Gasteiger charge is -2.36. The number of phenols is 1. The molecule has 0 unspecified atom stereocenters. The first-order chi connectivity index (χ1) is 10.7. The number of piperazine rings is 1. The first kappa shape index (κ1) is 14.9. The van der Waals surface area contributed by atoms with Crippen LogP contribution in [0.2, 0.25) is 0 Å². The van der Waals surface area contributed by atoms with Crippen LogP contribution >= 0.6 is 0 Å². The van der Waals surface area contributed by atoms with Crippen LogP contribution in [0, 0.1) is 0 Å². The van der Waals surface area contributed by atoms with Crippen molar-refractivity contribution in [1.29, 1.82) is 0 Å². The minimum atomic E-state index is 0.331. The summed E-state index contributed by atoms with van der Waals surface area (Å²) in [5.41, 5.74) is 4.00. The zero-order valence-corrected chi connectivity index (χ0v) is 13.2. The average Bonchev–Trinajstić information content (AvgIpc) is 2.57. The van der Waals surface area contributed by atoms with Crippen LogP contribution in [-0.2, 0) is 13.0 Å². The number of rotatable bonds is 4. The maximum atomic E-state index is 9.37. The quantitative estimate of drug-likeness (QED) is 0.938. The van der Waals surface area contributed by atoms with Crippen LogP contribution in [0.25, 0.3) is 0 Å². The Labute approximate surface area is 132 Å². The molecule has 1 aliphatic heterocycles. The Morgan fingerprint density at radius 1 is 0.818 bits per heavy atom. The summed E-state index contributed by atoms with van der Waals surface area (Å²) in [6, 6.07) is 16.5. The molecule has 0 saturated carbocycles. The second kappa shape index (κ2) is 6.84. The standard InChI is InChI=1S/C19H24N2O/c1-2-16-3-5-17(6-4-16)15-20-11-13-21(14-12-20)18-7-9-19(22)10-8-18/h3-10,22H,2,11-15H2,1H3. The van der Waals surface area contributed by atoms with Crippen LogP contribution < -0.4 is 4.90 Å². The normalized spacial score (nSPS) is 16.0. The second-order valence-corrected chi connectivity index (χ2v) is 5.95. The summed E-state index contributed by atoms with van der Waals surface area (Å²) in [5.74, 6) is 0.331. The summed E-state index contributed by atoms with van der Waals surface area (Å²) in [5, 5.41) is 9.37. The number of aryl methyl sites for hydroxylation is 1. The Hall–Kier alpha value is -2.00. The zero-order valence-electron chi connectivity index (χ0n) is 13.2. The van der Waals surface area contributed by atoms with Gasteiger partial charge in [0.05, 0.1) is 0 Å². The molecule has 1 fully saturated rings. The number of benzene rings is 2. The smallest absolute Gasteiger partial charge is 0.115 e. The van der Waals surface area contributed by atoms with Crippen molar-refractivity contribution in [3.05, 3.63) is 59.7 Å². The molecule has 1 aliphatic rings. The Bertz CT molecular complexity index is 584. The van der Waals surface area contributed by atoms with E-state index in [1.165, 1.54) is 16.8 Å². The van der Waals surface area contributed by atoms with Gasteiger partial charge < -0.3 is 10.0 Å². The summed E-state index contributed by atoms with van der Waals surface area (Å²) in [6.07, 6.45) is 1.10. The molecule has 0 aromatic heterocycles. The molecule has 1 saturated heterocycles. The maximum absolute atomic E-state index is 9.37. The van der Waals surface area contributed by atoms with Crippen molar-refractivity contribution in [2.45, 2.75) is 19.9 Å². The third-order valence-corrected chi connectivity index (χ3v) is 4.42. The first-order valence-electron chi connectivity index (χ1n) is 8.09. The second-order valence-electron chi connectivity index (χ2n) is 5.95. The highest BCUT2D eigenvalue weighted by atomic mass is 16.3. The van der Waals surface area contributed by atoms with Gasteiger partial charge in [-0.3, -0.25) is 4.90 Å². The third kappa shape index (κ3) is 3.60. The predicted molar refractivity (Wildman–Crippen MR) is 91.4 cm³/mol. The SMILES string of the molecule is CCc1ccc(CN2CCN(c3ccc(O)cc3)CC2)cc1. The van der Waals surface area contributed by atoms with Crippen LogP contribution in [-0.4, -0.2) is 36.2 Å². The van der Waals surface area contributed by atoms with E-state index in [-0.39, 0.29) is 0 Å². The van der Waals surface area contributed by atoms with Gasteiger partial charge in [0.2, 0.25) is 0 Å². The number of nitrogens with zero attached hydrogens (tertiary/aromatic N) is 2. The van der Waals surface area contributed by atoms with Gasteiger partial charge in [0.1, 0.15) is 5.75 Å². The van der Waals surface area contributed by atoms with Crippen molar-refractivity contribution < 1.29 is 5.11 Å². The fraction of sp³-hybridized carbons (Fsp3) is 0.368. The molecule has 22 heavy (non-hydrogen) atoms. The van der Waals surface area contributed by atoms with E-state index >= 15 is 0 Å². The lowest BCUT2D eigenvalue weighted by atomic mass is 10.1. The number of hydrogen-bond donors (Lipinski definition) is 1. The van der Waals surface area contributed by atoms with E-state index in [9.17, 15) is 5.11 Å². The Kier molecular flexibility index (Phi) is 4.64. The largest absolute Gasteiger partial charge is 0.508 e. The molecule has 0 atom stereocenters. The number of hydrogen-bond acceptors (Lipinski definition) is 3. The van der Waals surface area contributed by atoms with E-state index in [2.05, 4.69) is 41.0 Å². The molecule has 3 rings (SSSR count). The van der Waals surface area contributed by atoms with E-state index < -0.39 is 0 Å². The van der Waals surface area contributed by atoms with Gasteiger partial charge in [-0.15, -0.1) is 0 Å². The Morgan fingerprint density at radius 3 is 2.00 bits per heavy atom. The summed E-state index contributed by atoms with van der Waals surface area (Å²) in [7, 11) is 0. The molecular formula is C19H24N2O. The molecular weight excluding hydrogens is 272 g/mol. The van der Waals surface area contributed by atoms with Crippen LogP contribution in [0.4, 0.5) is 5.69 Å². The van der Waals surface area contributed by atoms with Gasteiger partial charge >= 0.3 is 0 Å². The van der Waals surface area contributed by atoms with Crippen molar-refractivity contribution in [3.8, 4) is 5.75 Å². The van der Waals surface area contributed by atoms with E-state index in [0.29, 0.717) is 5.75 Å². The highest BCUT2D eigenvalue weighted by molar-refractivity contribution is 5.49. The van der Waals surface area contributed by atoms with Crippen LogP contribution in [0.5, 0.6) is 5.75 Å². The summed E-state index contributed by atoms with van der Waals surface area (Å²) < 4.78 is 0. The monoisotopic (exact) mass is 296 g/mol. The average molecular weight is 296 g/mol. The van der Waals surface area contributed by atoms with E-state index in [4.69, 9.17) is 0 Å². The molecule has 0 spiro atoms. The molecule has 0 aliphatic carbocycles. The van der Waals surface area contributed by atoms with Gasteiger partial charge in [-0.25, -0.2) is 0 Å². The van der Waals surface area contributed by atoms with E-state index in [1.807, 2.05) is 12.1 Å². The number of anilines is 1. The minimum absolute atomic E-state index is 0.331. The molecule has 116 valence electrons. The maximum Gasteiger partial charge on any atom is 0.115 e. The fourth-order valence-corrected chi connectivity index (χ4v) is 2.97. The van der Waals surface area contributed by atoms with Crippen LogP contribution in [0.3, 0.4) is 0 Å². The van der Waals surface area contributed by atoms with Gasteiger partial charge in [0.25, 0.3) is 0 Å². The first-order valence-corrected chi connectivity index (χ1v) is 8.09. The summed E-state index contributed by atoms with van der Waals surface area (Å²) >= 11 is 0. The summed E-state index contributed by atoms with van der Waals surface area (Å²) in [6.45, 7) is 7.47. The molecule has 1 N–H and O–H groups in total. The van der Waals surface area contributed by atoms with Crippen LogP contribution in [0.1, 0.15) is 18.1 Å². The number of aromatic hydroxyl groups is 1. The molecule has 2 aromatic carbocycles. The highest BCUT2D eigenvalue weighted by Crippen LogP contribution is 2.20.